The first-order chi connectivity index (χ1) is 19.4. The van der Waals surface area contributed by atoms with Gasteiger partial charge in [-0.25, -0.2) is 0 Å². The highest BCUT2D eigenvalue weighted by Crippen LogP contribution is 2.42. The summed E-state index contributed by atoms with van der Waals surface area (Å²) in [5.74, 6) is 0.887. The van der Waals surface area contributed by atoms with Crippen molar-refractivity contribution in [1.82, 2.24) is 10.2 Å². The fourth-order valence-corrected chi connectivity index (χ4v) is 7.38. The molecular weight excluding hydrogens is 556 g/mol. The van der Waals surface area contributed by atoms with Gasteiger partial charge in [-0.2, -0.15) is 0 Å². The van der Waals surface area contributed by atoms with Crippen LogP contribution >= 0.6 is 11.6 Å². The molecule has 2 heterocycles. The number of amides is 1. The fraction of sp³-hybridized carbons (Fsp3) is 0.594. The molecule has 0 saturated carbocycles. The molecule has 1 aliphatic carbocycles. The summed E-state index contributed by atoms with van der Waals surface area (Å²) in [5.41, 5.74) is 3.20. The molecule has 2 aromatic carbocycles. The van der Waals surface area contributed by atoms with E-state index in [9.17, 15) is 9.90 Å². The Hall–Kier alpha value is -2.10. The molecule has 224 valence electrons. The number of nitrogens with zero attached hydrogens (tertiary/aromatic N) is 1. The van der Waals surface area contributed by atoms with Gasteiger partial charge in [-0.3, -0.25) is 4.79 Å². The Kier molecular flexibility index (Phi) is 9.07. The SMILES string of the molecule is CC(C)(C)[Si](C)(C)O[C@H](c1ccc2c(c1)OCCO2)[C@@H](CN1CCCC1)NC(=O)C(O)C1Cc2ccc(Cl)cc2C1. The predicted molar refractivity (Wildman–Crippen MR) is 164 cm³/mol. The van der Waals surface area contributed by atoms with Gasteiger partial charge < -0.3 is 29.2 Å². The molecule has 2 aromatic rings. The third kappa shape index (κ3) is 6.94. The molecule has 1 fully saturated rings. The van der Waals surface area contributed by atoms with E-state index in [0.29, 0.717) is 43.4 Å². The van der Waals surface area contributed by atoms with Gasteiger partial charge in [-0.05, 0) is 97.9 Å². The zero-order chi connectivity index (χ0) is 29.4. The Morgan fingerprint density at radius 3 is 2.46 bits per heavy atom. The highest BCUT2D eigenvalue weighted by molar-refractivity contribution is 6.74. The molecule has 2 unspecified atom stereocenters. The second-order valence-corrected chi connectivity index (χ2v) is 18.5. The maximum Gasteiger partial charge on any atom is 0.249 e. The minimum absolute atomic E-state index is 0.0301. The lowest BCUT2D eigenvalue weighted by molar-refractivity contribution is -0.133. The molecule has 0 aromatic heterocycles. The van der Waals surface area contributed by atoms with E-state index < -0.39 is 20.5 Å². The smallest absolute Gasteiger partial charge is 0.249 e. The summed E-state index contributed by atoms with van der Waals surface area (Å²) in [5, 5.41) is 15.2. The monoisotopic (exact) mass is 600 g/mol. The summed E-state index contributed by atoms with van der Waals surface area (Å²) in [7, 11) is -2.27. The second kappa shape index (κ2) is 12.2. The Morgan fingerprint density at radius 2 is 1.76 bits per heavy atom. The summed E-state index contributed by atoms with van der Waals surface area (Å²) in [6.45, 7) is 14.8. The van der Waals surface area contributed by atoms with Crippen LogP contribution in [0.4, 0.5) is 0 Å². The summed E-state index contributed by atoms with van der Waals surface area (Å²) in [4.78, 5) is 16.2. The molecule has 9 heteroatoms. The molecule has 0 spiro atoms. The van der Waals surface area contributed by atoms with Gasteiger partial charge in [0.25, 0.3) is 0 Å². The van der Waals surface area contributed by atoms with E-state index in [-0.39, 0.29) is 22.9 Å². The third-order valence-corrected chi connectivity index (χ3v) is 14.0. The van der Waals surface area contributed by atoms with E-state index in [0.717, 1.165) is 48.4 Å². The maximum atomic E-state index is 13.8. The van der Waals surface area contributed by atoms with Crippen LogP contribution in [0, 0.1) is 5.92 Å². The van der Waals surface area contributed by atoms with Gasteiger partial charge in [-0.1, -0.05) is 44.5 Å². The largest absolute Gasteiger partial charge is 0.486 e. The van der Waals surface area contributed by atoms with E-state index in [1.807, 2.05) is 36.4 Å². The van der Waals surface area contributed by atoms with E-state index >= 15 is 0 Å². The number of hydrogen-bond acceptors (Lipinski definition) is 6. The van der Waals surface area contributed by atoms with Crippen LogP contribution in [-0.4, -0.2) is 69.2 Å². The third-order valence-electron chi connectivity index (χ3n) is 9.32. The van der Waals surface area contributed by atoms with Crippen LogP contribution in [-0.2, 0) is 22.1 Å². The zero-order valence-corrected chi connectivity index (χ0v) is 26.8. The summed E-state index contributed by atoms with van der Waals surface area (Å²) in [6.07, 6.45) is 2.03. The maximum absolute atomic E-state index is 13.8. The van der Waals surface area contributed by atoms with E-state index in [2.05, 4.69) is 44.1 Å². The van der Waals surface area contributed by atoms with Crippen molar-refractivity contribution in [2.75, 3.05) is 32.8 Å². The predicted octanol–water partition coefficient (Wildman–Crippen LogP) is 5.53. The molecule has 7 nitrogen and oxygen atoms in total. The van der Waals surface area contributed by atoms with Crippen LogP contribution in [0.1, 0.15) is 56.4 Å². The quantitative estimate of drug-likeness (QED) is 0.369. The van der Waals surface area contributed by atoms with Crippen LogP contribution < -0.4 is 14.8 Å². The van der Waals surface area contributed by atoms with Crippen LogP contribution in [0.2, 0.25) is 23.2 Å². The number of aliphatic hydroxyl groups is 1. The summed E-state index contributed by atoms with van der Waals surface area (Å²) in [6, 6.07) is 11.4. The van der Waals surface area contributed by atoms with Gasteiger partial charge in [0.15, 0.2) is 19.8 Å². The van der Waals surface area contributed by atoms with Crippen molar-refractivity contribution in [2.24, 2.45) is 5.92 Å². The molecule has 0 radical (unpaired) electrons. The average molecular weight is 601 g/mol. The molecule has 2 N–H and O–H groups in total. The number of aliphatic hydroxyl groups excluding tert-OH is 1. The topological polar surface area (TPSA) is 80.3 Å². The number of likely N-dealkylation sites (tertiary alicyclic amines) is 1. The number of ether oxygens (including phenoxy) is 2. The zero-order valence-electron chi connectivity index (χ0n) is 25.0. The van der Waals surface area contributed by atoms with Gasteiger partial charge in [0.2, 0.25) is 5.91 Å². The van der Waals surface area contributed by atoms with E-state index in [1.165, 1.54) is 0 Å². The Bertz CT molecular complexity index is 1240. The molecule has 41 heavy (non-hydrogen) atoms. The molecule has 2 aliphatic heterocycles. The fourth-order valence-electron chi connectivity index (χ4n) is 5.90. The van der Waals surface area contributed by atoms with Gasteiger partial charge >= 0.3 is 0 Å². The number of hydrogen-bond donors (Lipinski definition) is 2. The van der Waals surface area contributed by atoms with E-state index in [1.54, 1.807) is 0 Å². The van der Waals surface area contributed by atoms with E-state index in [4.69, 9.17) is 25.5 Å². The summed E-state index contributed by atoms with van der Waals surface area (Å²) < 4.78 is 18.9. The number of carbonyl (C=O) groups is 1. The Balaban J connectivity index is 1.43. The highest BCUT2D eigenvalue weighted by Gasteiger charge is 2.43. The summed E-state index contributed by atoms with van der Waals surface area (Å²) >= 11 is 6.21. The molecule has 1 amide bonds. The number of rotatable bonds is 9. The molecule has 3 aliphatic rings. The lowest BCUT2D eigenvalue weighted by atomic mass is 9.96. The van der Waals surface area contributed by atoms with Crippen molar-refractivity contribution < 1.29 is 23.8 Å². The van der Waals surface area contributed by atoms with Crippen LogP contribution in [0.15, 0.2) is 36.4 Å². The minimum Gasteiger partial charge on any atom is -0.486 e. The minimum atomic E-state index is -2.27. The van der Waals surface area contributed by atoms with Crippen LogP contribution in [0.3, 0.4) is 0 Å². The Labute approximate surface area is 250 Å². The first kappa shape index (κ1) is 30.4. The van der Waals surface area contributed by atoms with Crippen molar-refractivity contribution in [2.45, 2.75) is 82.8 Å². The van der Waals surface area contributed by atoms with Crippen LogP contribution in [0.5, 0.6) is 11.5 Å². The molecule has 4 atom stereocenters. The first-order valence-corrected chi connectivity index (χ1v) is 18.3. The number of halogens is 1. The second-order valence-electron chi connectivity index (χ2n) is 13.4. The number of carbonyl (C=O) groups excluding carboxylic acids is 1. The lowest BCUT2D eigenvalue weighted by Gasteiger charge is -2.42. The molecular formula is C32H45ClN2O5Si. The Morgan fingerprint density at radius 1 is 1.07 bits per heavy atom. The van der Waals surface area contributed by atoms with Gasteiger partial charge in [0.1, 0.15) is 19.3 Å². The lowest BCUT2D eigenvalue weighted by Crippen LogP contribution is -2.54. The normalized spacial score (nSPS) is 21.3. The van der Waals surface area contributed by atoms with Crippen molar-refractivity contribution in [3.8, 4) is 11.5 Å². The number of nitrogens with one attached hydrogen (secondary N) is 1. The molecule has 5 rings (SSSR count). The van der Waals surface area contributed by atoms with Gasteiger partial charge in [0.05, 0.1) is 12.1 Å². The van der Waals surface area contributed by atoms with Gasteiger partial charge in [-0.15, -0.1) is 0 Å². The van der Waals surface area contributed by atoms with Crippen LogP contribution in [0.25, 0.3) is 0 Å². The van der Waals surface area contributed by atoms with Crippen molar-refractivity contribution in [3.63, 3.8) is 0 Å². The standard InChI is InChI=1S/C32H45ClN2O5Si/c1-32(2,3)41(4,5)40-30(22-9-11-27-28(19-22)39-15-14-38-27)26(20-35-12-6-7-13-35)34-31(37)29(36)24-16-21-8-10-25(33)18-23(21)17-24/h8-11,18-19,24,26,29-30,36H,6-7,12-17,20H2,1-5H3,(H,34,37)/t24?,26-,29?,30-/m1/s1. The number of fused-ring (bicyclic) bond motifs is 2. The van der Waals surface area contributed by atoms with Crippen molar-refractivity contribution in [3.05, 3.63) is 58.1 Å². The first-order valence-electron chi connectivity index (χ1n) is 15.0. The average Bonchev–Trinajstić information content (AvgIpc) is 3.59. The number of benzene rings is 2. The molecule has 1 saturated heterocycles. The van der Waals surface area contributed by atoms with Crippen molar-refractivity contribution in [1.29, 1.82) is 0 Å². The molecule has 0 bridgehead atoms. The highest BCUT2D eigenvalue weighted by atomic mass is 35.5. The van der Waals surface area contributed by atoms with Crippen molar-refractivity contribution >= 4 is 25.8 Å². The van der Waals surface area contributed by atoms with Gasteiger partial charge in [0, 0.05) is 17.5 Å².